The number of fused-ring (bicyclic) bond motifs is 1. The first kappa shape index (κ1) is 18.3. The van der Waals surface area contributed by atoms with Gasteiger partial charge in [-0.1, -0.05) is 24.3 Å². The van der Waals surface area contributed by atoms with Crippen LogP contribution in [0.2, 0.25) is 0 Å². The minimum atomic E-state index is -0.621. The molecule has 0 N–H and O–H groups in total. The Labute approximate surface area is 165 Å². The number of aryl methyl sites for hydroxylation is 2. The van der Waals surface area contributed by atoms with Crippen molar-refractivity contribution in [2.75, 3.05) is 0 Å². The van der Waals surface area contributed by atoms with E-state index in [4.69, 9.17) is 9.47 Å². The highest BCUT2D eigenvalue weighted by Crippen LogP contribution is 2.39. The van der Waals surface area contributed by atoms with Crippen LogP contribution in [0.15, 0.2) is 61.1 Å². The standard InChI is InChI=1S/C21H16N4O4/c1-13-8-9-16(11-14(13)2)28-20-19(25(26)27)21(24-12-23-20)29-17-7-3-5-15-6-4-10-22-18(15)17/h3-12H,1-2H3. The van der Waals surface area contributed by atoms with E-state index in [0.29, 0.717) is 17.0 Å². The molecule has 29 heavy (non-hydrogen) atoms. The molecule has 8 heteroatoms. The van der Waals surface area contributed by atoms with Gasteiger partial charge in [-0.25, -0.2) is 0 Å². The third-order valence-corrected chi connectivity index (χ3v) is 4.43. The summed E-state index contributed by atoms with van der Waals surface area (Å²) in [6.07, 6.45) is 2.79. The summed E-state index contributed by atoms with van der Waals surface area (Å²) in [5.41, 5.74) is 2.19. The first-order chi connectivity index (χ1) is 14.0. The van der Waals surface area contributed by atoms with E-state index in [1.165, 1.54) is 0 Å². The largest absolute Gasteiger partial charge is 0.433 e. The summed E-state index contributed by atoms with van der Waals surface area (Å²) < 4.78 is 11.5. The summed E-state index contributed by atoms with van der Waals surface area (Å²) in [5.74, 6) is 0.369. The summed E-state index contributed by atoms with van der Waals surface area (Å²) in [6.45, 7) is 3.90. The highest BCUT2D eigenvalue weighted by Gasteiger charge is 2.27. The monoisotopic (exact) mass is 388 g/mol. The molecule has 0 aliphatic heterocycles. The average molecular weight is 388 g/mol. The van der Waals surface area contributed by atoms with Gasteiger partial charge in [0.25, 0.3) is 0 Å². The predicted molar refractivity (Wildman–Crippen MR) is 106 cm³/mol. The third-order valence-electron chi connectivity index (χ3n) is 4.43. The Balaban J connectivity index is 1.75. The molecule has 144 valence electrons. The second kappa shape index (κ2) is 7.51. The molecule has 2 heterocycles. The van der Waals surface area contributed by atoms with Gasteiger partial charge in [0.05, 0.1) is 4.92 Å². The van der Waals surface area contributed by atoms with Gasteiger partial charge in [-0.05, 0) is 49.2 Å². The van der Waals surface area contributed by atoms with E-state index >= 15 is 0 Å². The normalized spacial score (nSPS) is 10.7. The van der Waals surface area contributed by atoms with Gasteiger partial charge >= 0.3 is 17.4 Å². The Hall–Kier alpha value is -4.07. The summed E-state index contributed by atoms with van der Waals surface area (Å²) in [6, 6.07) is 14.4. The SMILES string of the molecule is Cc1ccc(Oc2ncnc(Oc3cccc4cccnc34)c2[N+](=O)[O-])cc1C. The van der Waals surface area contributed by atoms with Crippen LogP contribution < -0.4 is 9.47 Å². The van der Waals surface area contributed by atoms with Crippen LogP contribution in [-0.4, -0.2) is 19.9 Å². The van der Waals surface area contributed by atoms with E-state index in [2.05, 4.69) is 15.0 Å². The van der Waals surface area contributed by atoms with E-state index < -0.39 is 10.6 Å². The molecule has 2 aromatic heterocycles. The van der Waals surface area contributed by atoms with Crippen molar-refractivity contribution in [1.29, 1.82) is 0 Å². The Morgan fingerprint density at radius 2 is 1.66 bits per heavy atom. The highest BCUT2D eigenvalue weighted by molar-refractivity contribution is 5.84. The summed E-state index contributed by atoms with van der Waals surface area (Å²) in [5, 5.41) is 12.6. The number of hydrogen-bond donors (Lipinski definition) is 0. The van der Waals surface area contributed by atoms with Crippen molar-refractivity contribution in [3.8, 4) is 23.3 Å². The predicted octanol–water partition coefficient (Wildman–Crippen LogP) is 5.13. The average Bonchev–Trinajstić information content (AvgIpc) is 2.71. The van der Waals surface area contributed by atoms with Crippen LogP contribution in [0, 0.1) is 24.0 Å². The van der Waals surface area contributed by atoms with Crippen molar-refractivity contribution in [2.45, 2.75) is 13.8 Å². The fraction of sp³-hybridized carbons (Fsp3) is 0.0952. The fourth-order valence-electron chi connectivity index (χ4n) is 2.80. The van der Waals surface area contributed by atoms with Gasteiger partial charge in [-0.15, -0.1) is 0 Å². The molecule has 0 spiro atoms. The molecular formula is C21H16N4O4. The Morgan fingerprint density at radius 1 is 0.897 bits per heavy atom. The molecule has 0 amide bonds. The van der Waals surface area contributed by atoms with Crippen LogP contribution in [0.4, 0.5) is 5.69 Å². The Bertz CT molecular complexity index is 1220. The lowest BCUT2D eigenvalue weighted by Gasteiger charge is -2.10. The minimum absolute atomic E-state index is 0.198. The second-order valence-corrected chi connectivity index (χ2v) is 6.37. The molecular weight excluding hydrogens is 372 g/mol. The molecule has 0 fully saturated rings. The van der Waals surface area contributed by atoms with Gasteiger partial charge < -0.3 is 9.47 Å². The van der Waals surface area contributed by atoms with E-state index in [-0.39, 0.29) is 11.8 Å². The number of nitrogens with zero attached hydrogens (tertiary/aromatic N) is 4. The smallest absolute Gasteiger partial charge is 0.393 e. The first-order valence-electron chi connectivity index (χ1n) is 8.79. The maximum Gasteiger partial charge on any atom is 0.393 e. The van der Waals surface area contributed by atoms with Gasteiger partial charge in [0.15, 0.2) is 5.75 Å². The maximum atomic E-state index is 11.8. The van der Waals surface area contributed by atoms with Crippen LogP contribution in [0.25, 0.3) is 10.9 Å². The van der Waals surface area contributed by atoms with Crippen molar-refractivity contribution in [1.82, 2.24) is 15.0 Å². The summed E-state index contributed by atoms with van der Waals surface area (Å²) >= 11 is 0. The van der Waals surface area contributed by atoms with Crippen molar-refractivity contribution < 1.29 is 14.4 Å². The summed E-state index contributed by atoms with van der Waals surface area (Å²) in [7, 11) is 0. The highest BCUT2D eigenvalue weighted by atomic mass is 16.6. The summed E-state index contributed by atoms with van der Waals surface area (Å²) in [4.78, 5) is 23.3. The molecule has 2 aromatic carbocycles. The van der Waals surface area contributed by atoms with Gasteiger partial charge in [0, 0.05) is 11.6 Å². The number of nitro groups is 1. The van der Waals surface area contributed by atoms with Crippen molar-refractivity contribution in [2.24, 2.45) is 0 Å². The molecule has 0 atom stereocenters. The number of pyridine rings is 1. The zero-order valence-corrected chi connectivity index (χ0v) is 15.7. The number of ether oxygens (including phenoxy) is 2. The van der Waals surface area contributed by atoms with Crippen molar-refractivity contribution >= 4 is 16.6 Å². The van der Waals surface area contributed by atoms with E-state index in [1.807, 2.05) is 32.0 Å². The molecule has 0 radical (unpaired) electrons. The molecule has 0 unspecified atom stereocenters. The van der Waals surface area contributed by atoms with E-state index in [1.54, 1.807) is 36.5 Å². The molecule has 0 aliphatic rings. The van der Waals surface area contributed by atoms with Crippen LogP contribution >= 0.6 is 0 Å². The quantitative estimate of drug-likeness (QED) is 0.345. The van der Waals surface area contributed by atoms with E-state index in [9.17, 15) is 10.1 Å². The third kappa shape index (κ3) is 3.68. The molecule has 4 aromatic rings. The van der Waals surface area contributed by atoms with Gasteiger partial charge in [0.2, 0.25) is 0 Å². The van der Waals surface area contributed by atoms with Crippen LogP contribution in [-0.2, 0) is 0 Å². The molecule has 4 rings (SSSR count). The number of para-hydroxylation sites is 1. The Kier molecular flexibility index (Phi) is 4.74. The number of rotatable bonds is 5. The van der Waals surface area contributed by atoms with E-state index in [0.717, 1.165) is 22.8 Å². The van der Waals surface area contributed by atoms with Gasteiger partial charge in [-0.3, -0.25) is 15.1 Å². The lowest BCUT2D eigenvalue weighted by Crippen LogP contribution is -2.01. The second-order valence-electron chi connectivity index (χ2n) is 6.37. The molecule has 0 saturated carbocycles. The number of benzene rings is 2. The van der Waals surface area contributed by atoms with Crippen molar-refractivity contribution in [3.63, 3.8) is 0 Å². The minimum Gasteiger partial charge on any atom is -0.433 e. The first-order valence-corrected chi connectivity index (χ1v) is 8.79. The molecule has 0 saturated heterocycles. The topological polar surface area (TPSA) is 100 Å². The zero-order valence-electron chi connectivity index (χ0n) is 15.7. The molecule has 0 bridgehead atoms. The van der Waals surface area contributed by atoms with Gasteiger partial charge in [0.1, 0.15) is 17.6 Å². The molecule has 0 aliphatic carbocycles. The lowest BCUT2D eigenvalue weighted by atomic mass is 10.1. The van der Waals surface area contributed by atoms with Gasteiger partial charge in [-0.2, -0.15) is 9.97 Å². The van der Waals surface area contributed by atoms with Crippen LogP contribution in [0.5, 0.6) is 23.3 Å². The zero-order chi connectivity index (χ0) is 20.4. The Morgan fingerprint density at radius 3 is 2.41 bits per heavy atom. The fourth-order valence-corrected chi connectivity index (χ4v) is 2.80. The maximum absolute atomic E-state index is 11.8. The number of hydrogen-bond acceptors (Lipinski definition) is 7. The van der Waals surface area contributed by atoms with Crippen LogP contribution in [0.1, 0.15) is 11.1 Å². The van der Waals surface area contributed by atoms with Crippen molar-refractivity contribution in [3.05, 3.63) is 82.3 Å². The van der Waals surface area contributed by atoms with Crippen LogP contribution in [0.3, 0.4) is 0 Å². The lowest BCUT2D eigenvalue weighted by molar-refractivity contribution is -0.387. The number of aromatic nitrogens is 3. The molecule has 8 nitrogen and oxygen atoms in total.